The Morgan fingerprint density at radius 3 is 2.70 bits per heavy atom. The first-order valence-corrected chi connectivity index (χ1v) is 9.54. The summed E-state index contributed by atoms with van der Waals surface area (Å²) in [5.41, 5.74) is -0.137. The largest absolute Gasteiger partial charge is 0.387 e. The summed E-state index contributed by atoms with van der Waals surface area (Å²) in [6.45, 7) is 3.75. The van der Waals surface area contributed by atoms with Gasteiger partial charge in [0.05, 0.1) is 0 Å². The minimum atomic E-state index is -1.04. The van der Waals surface area contributed by atoms with Crippen molar-refractivity contribution in [3.05, 3.63) is 24.3 Å². The Balaban J connectivity index is 1.50. The van der Waals surface area contributed by atoms with Gasteiger partial charge in [0.25, 0.3) is 11.8 Å². The molecule has 3 heterocycles. The predicted molar refractivity (Wildman–Crippen MR) is 97.2 cm³/mol. The standard InChI is InChI=1S/C18H22N2O6S/c1-2-8-20-15(23)10(14(22)19-17(20)27)9-11-12(21)13-16(24-11)26-18(25-13)6-4-3-5-7-18/h2,9,11-13,16,21H,1,3-8H2,(H,19,22,27)/b10-9-/t11-,12+,13-,16-/m1/s1. The van der Waals surface area contributed by atoms with Gasteiger partial charge in [0.1, 0.15) is 23.9 Å². The molecule has 0 unspecified atom stereocenters. The van der Waals surface area contributed by atoms with Gasteiger partial charge < -0.3 is 19.3 Å². The normalized spacial score (nSPS) is 37.0. The van der Waals surface area contributed by atoms with Crippen molar-refractivity contribution in [1.82, 2.24) is 10.2 Å². The zero-order chi connectivity index (χ0) is 19.2. The molecule has 0 aromatic heterocycles. The zero-order valence-corrected chi connectivity index (χ0v) is 15.6. The minimum Gasteiger partial charge on any atom is -0.387 e. The molecular weight excluding hydrogens is 372 g/mol. The molecule has 4 aliphatic rings. The van der Waals surface area contributed by atoms with Crippen LogP contribution >= 0.6 is 12.2 Å². The van der Waals surface area contributed by atoms with Crippen LogP contribution in [0.5, 0.6) is 0 Å². The monoisotopic (exact) mass is 394 g/mol. The van der Waals surface area contributed by atoms with Crippen LogP contribution < -0.4 is 5.32 Å². The molecule has 1 spiro atoms. The number of nitrogens with zero attached hydrogens (tertiary/aromatic N) is 1. The molecule has 2 N–H and O–H groups in total. The Morgan fingerprint density at radius 2 is 2.04 bits per heavy atom. The third-order valence-electron chi connectivity index (χ3n) is 5.36. The van der Waals surface area contributed by atoms with E-state index in [1.807, 2.05) is 0 Å². The van der Waals surface area contributed by atoms with Crippen LogP contribution in [-0.2, 0) is 23.8 Å². The molecule has 3 aliphatic heterocycles. The number of nitrogens with one attached hydrogen (secondary N) is 1. The van der Waals surface area contributed by atoms with Crippen LogP contribution in [0.4, 0.5) is 0 Å². The first-order chi connectivity index (χ1) is 12.9. The van der Waals surface area contributed by atoms with Crippen LogP contribution in [0.2, 0.25) is 0 Å². The molecule has 4 fully saturated rings. The molecular formula is C18H22N2O6S. The molecule has 0 radical (unpaired) electrons. The molecule has 0 aromatic carbocycles. The highest BCUT2D eigenvalue weighted by atomic mass is 32.1. The van der Waals surface area contributed by atoms with E-state index in [0.29, 0.717) is 0 Å². The number of hydrogen-bond acceptors (Lipinski definition) is 7. The van der Waals surface area contributed by atoms with Crippen LogP contribution in [0, 0.1) is 0 Å². The van der Waals surface area contributed by atoms with Crippen molar-refractivity contribution in [2.45, 2.75) is 62.5 Å². The van der Waals surface area contributed by atoms with E-state index in [4.69, 9.17) is 26.4 Å². The lowest BCUT2D eigenvalue weighted by molar-refractivity contribution is -0.241. The van der Waals surface area contributed by atoms with Gasteiger partial charge in [0, 0.05) is 19.4 Å². The summed E-state index contributed by atoms with van der Waals surface area (Å²) in [7, 11) is 0. The van der Waals surface area contributed by atoms with Crippen molar-refractivity contribution in [2.24, 2.45) is 0 Å². The van der Waals surface area contributed by atoms with Crippen LogP contribution in [0.15, 0.2) is 24.3 Å². The van der Waals surface area contributed by atoms with E-state index >= 15 is 0 Å². The Morgan fingerprint density at radius 1 is 1.30 bits per heavy atom. The van der Waals surface area contributed by atoms with Gasteiger partial charge in [-0.3, -0.25) is 19.8 Å². The van der Waals surface area contributed by atoms with Crippen LogP contribution in [-0.4, -0.2) is 63.9 Å². The van der Waals surface area contributed by atoms with Gasteiger partial charge in [-0.05, 0) is 31.1 Å². The zero-order valence-electron chi connectivity index (χ0n) is 14.8. The number of amides is 2. The average molecular weight is 394 g/mol. The second kappa shape index (κ2) is 7.06. The highest BCUT2D eigenvalue weighted by Crippen LogP contribution is 2.45. The number of rotatable bonds is 3. The number of thiocarbonyl (C=S) groups is 1. The van der Waals surface area contributed by atoms with Gasteiger partial charge >= 0.3 is 0 Å². The fraction of sp³-hybridized carbons (Fsp3) is 0.611. The van der Waals surface area contributed by atoms with Gasteiger partial charge in [-0.15, -0.1) is 6.58 Å². The SMILES string of the molecule is C=CCN1C(=O)/C(=C\[C@H]2O[C@@H]3OC4(CCCCC4)O[C@@H]3[C@H]2O)C(=O)NC1=S. The number of aliphatic hydroxyl groups is 1. The topological polar surface area (TPSA) is 97.3 Å². The second-order valence-corrected chi connectivity index (χ2v) is 7.56. The maximum Gasteiger partial charge on any atom is 0.265 e. The molecule has 9 heteroatoms. The van der Waals surface area contributed by atoms with Crippen LogP contribution in [0.3, 0.4) is 0 Å². The van der Waals surface area contributed by atoms with Crippen molar-refractivity contribution >= 4 is 29.1 Å². The number of fused-ring (bicyclic) bond motifs is 1. The highest BCUT2D eigenvalue weighted by Gasteiger charge is 2.57. The molecule has 0 aromatic rings. The van der Waals surface area contributed by atoms with E-state index in [-0.39, 0.29) is 17.2 Å². The van der Waals surface area contributed by atoms with Gasteiger partial charge in [-0.1, -0.05) is 12.5 Å². The van der Waals surface area contributed by atoms with Gasteiger partial charge in [0.15, 0.2) is 17.2 Å². The highest BCUT2D eigenvalue weighted by molar-refractivity contribution is 7.80. The van der Waals surface area contributed by atoms with Crippen molar-refractivity contribution in [1.29, 1.82) is 0 Å². The third kappa shape index (κ3) is 3.23. The smallest absolute Gasteiger partial charge is 0.265 e. The summed E-state index contributed by atoms with van der Waals surface area (Å²) >= 11 is 5.02. The fourth-order valence-corrected chi connectivity index (χ4v) is 4.26. The number of ether oxygens (including phenoxy) is 3. The van der Waals surface area contributed by atoms with Crippen LogP contribution in [0.1, 0.15) is 32.1 Å². The quantitative estimate of drug-likeness (QED) is 0.311. The van der Waals surface area contributed by atoms with Crippen LogP contribution in [0.25, 0.3) is 0 Å². The Labute approximate surface area is 162 Å². The molecule has 1 aliphatic carbocycles. The lowest BCUT2D eigenvalue weighted by atomic mass is 9.94. The molecule has 4 atom stereocenters. The predicted octanol–water partition coefficient (Wildman–Crippen LogP) is 0.504. The molecule has 27 heavy (non-hydrogen) atoms. The Kier molecular flexibility index (Phi) is 4.89. The van der Waals surface area contributed by atoms with Gasteiger partial charge in [-0.2, -0.15) is 0 Å². The van der Waals surface area contributed by atoms with Gasteiger partial charge in [0.2, 0.25) is 0 Å². The number of carbonyl (C=O) groups excluding carboxylic acids is 2. The molecule has 3 saturated heterocycles. The lowest BCUT2D eigenvalue weighted by Crippen LogP contribution is -2.54. The Hall–Kier alpha value is -1.65. The van der Waals surface area contributed by atoms with Crippen molar-refractivity contribution in [3.63, 3.8) is 0 Å². The second-order valence-electron chi connectivity index (χ2n) is 7.18. The fourth-order valence-electron chi connectivity index (χ4n) is 4.01. The number of hydrogen-bond donors (Lipinski definition) is 2. The molecule has 1 saturated carbocycles. The third-order valence-corrected chi connectivity index (χ3v) is 5.68. The maximum atomic E-state index is 12.6. The van der Waals surface area contributed by atoms with E-state index in [1.165, 1.54) is 17.1 Å². The summed E-state index contributed by atoms with van der Waals surface area (Å²) < 4.78 is 17.8. The first kappa shape index (κ1) is 18.7. The number of carbonyl (C=O) groups is 2. The van der Waals surface area contributed by atoms with Gasteiger partial charge in [-0.25, -0.2) is 0 Å². The lowest BCUT2D eigenvalue weighted by Gasteiger charge is -2.33. The van der Waals surface area contributed by atoms with Crippen molar-refractivity contribution in [3.8, 4) is 0 Å². The van der Waals surface area contributed by atoms with E-state index in [1.54, 1.807) is 0 Å². The van der Waals surface area contributed by atoms with Crippen molar-refractivity contribution in [2.75, 3.05) is 6.54 Å². The van der Waals surface area contributed by atoms with Crippen molar-refractivity contribution < 1.29 is 28.9 Å². The van der Waals surface area contributed by atoms with E-state index in [0.717, 1.165) is 32.1 Å². The summed E-state index contributed by atoms with van der Waals surface area (Å²) in [4.78, 5) is 26.0. The minimum absolute atomic E-state index is 0.0257. The summed E-state index contributed by atoms with van der Waals surface area (Å²) in [6.07, 6.45) is 4.26. The number of aliphatic hydroxyl groups excluding tert-OH is 1. The summed E-state index contributed by atoms with van der Waals surface area (Å²) in [5.74, 6) is -1.86. The summed E-state index contributed by atoms with van der Waals surface area (Å²) in [5, 5.41) is 13.1. The maximum absolute atomic E-state index is 12.6. The molecule has 0 bridgehead atoms. The molecule has 4 rings (SSSR count). The van der Waals surface area contributed by atoms with E-state index in [2.05, 4.69) is 11.9 Å². The Bertz CT molecular complexity index is 717. The average Bonchev–Trinajstić information content (AvgIpc) is 3.11. The van der Waals surface area contributed by atoms with E-state index < -0.39 is 42.2 Å². The molecule has 146 valence electrons. The summed E-state index contributed by atoms with van der Waals surface area (Å²) in [6, 6.07) is 0. The molecule has 8 nitrogen and oxygen atoms in total. The molecule has 2 amide bonds. The first-order valence-electron chi connectivity index (χ1n) is 9.13. The van der Waals surface area contributed by atoms with E-state index in [9.17, 15) is 14.7 Å².